The predicted octanol–water partition coefficient (Wildman–Crippen LogP) is 1.83. The van der Waals surface area contributed by atoms with Crippen LogP contribution >= 0.6 is 0 Å². The Bertz CT molecular complexity index is 293. The van der Waals surface area contributed by atoms with E-state index in [2.05, 4.69) is 0 Å². The number of alkyl halides is 2. The lowest BCUT2D eigenvalue weighted by atomic mass is 10.2. The maximum atomic E-state index is 12.0. The van der Waals surface area contributed by atoms with Gasteiger partial charge in [0.1, 0.15) is 6.61 Å². The summed E-state index contributed by atoms with van der Waals surface area (Å²) in [4.78, 5) is 0. The Morgan fingerprint density at radius 1 is 1.40 bits per heavy atom. The van der Waals surface area contributed by atoms with Crippen LogP contribution in [0.5, 0.6) is 11.5 Å². The lowest BCUT2D eigenvalue weighted by Gasteiger charge is -2.13. The number of aliphatic hydroxyl groups excluding tert-OH is 1. The molecule has 1 rings (SSSR count). The normalized spacial score (nSPS) is 10.5. The van der Waals surface area contributed by atoms with Crippen LogP contribution in [0.15, 0.2) is 18.2 Å². The molecule has 0 bridgehead atoms. The van der Waals surface area contributed by atoms with Crippen LogP contribution in [0.4, 0.5) is 8.78 Å². The summed E-state index contributed by atoms with van der Waals surface area (Å²) in [6.07, 6.45) is -2.55. The van der Waals surface area contributed by atoms with E-state index in [0.717, 1.165) is 0 Å². The second-order valence-corrected chi connectivity index (χ2v) is 2.81. The molecule has 0 heterocycles. The highest BCUT2D eigenvalue weighted by molar-refractivity contribution is 5.46. The molecule has 0 fully saturated rings. The van der Waals surface area contributed by atoms with Crippen LogP contribution in [0.25, 0.3) is 0 Å². The first-order chi connectivity index (χ1) is 7.19. The molecular formula is C10H12F2O3. The van der Waals surface area contributed by atoms with Crippen molar-refractivity contribution in [2.75, 3.05) is 13.7 Å². The first-order valence-electron chi connectivity index (χ1n) is 4.36. The molecule has 0 spiro atoms. The van der Waals surface area contributed by atoms with Gasteiger partial charge in [-0.15, -0.1) is 0 Å². The van der Waals surface area contributed by atoms with Crippen molar-refractivity contribution in [1.82, 2.24) is 0 Å². The van der Waals surface area contributed by atoms with Crippen LogP contribution in [0.1, 0.15) is 5.56 Å². The highest BCUT2D eigenvalue weighted by atomic mass is 19.3. The molecule has 3 nitrogen and oxygen atoms in total. The topological polar surface area (TPSA) is 38.7 Å². The van der Waals surface area contributed by atoms with Crippen molar-refractivity contribution in [2.24, 2.45) is 0 Å². The molecule has 5 heteroatoms. The third-order valence-electron chi connectivity index (χ3n) is 1.80. The largest absolute Gasteiger partial charge is 0.493 e. The van der Waals surface area contributed by atoms with E-state index in [0.29, 0.717) is 11.3 Å². The minimum absolute atomic E-state index is 0.169. The number of benzene rings is 1. The molecule has 84 valence electrons. The molecule has 0 aliphatic rings. The third-order valence-corrected chi connectivity index (χ3v) is 1.80. The Kier molecular flexibility index (Phi) is 4.30. The van der Waals surface area contributed by atoms with Crippen molar-refractivity contribution in [1.29, 1.82) is 0 Å². The molecule has 0 radical (unpaired) electrons. The summed E-state index contributed by atoms with van der Waals surface area (Å²) in [6.45, 7) is -0.997. The van der Waals surface area contributed by atoms with Crippen molar-refractivity contribution < 1.29 is 23.4 Å². The summed E-state index contributed by atoms with van der Waals surface area (Å²) in [7, 11) is 1.41. The standard InChI is InChI=1S/C10H12F2O3/c1-14-8-4-2-3-7(5-13)10(8)15-6-9(11)12/h2-4,9,13H,5-6H2,1H3. The van der Waals surface area contributed by atoms with Crippen molar-refractivity contribution in [3.63, 3.8) is 0 Å². The van der Waals surface area contributed by atoms with Crippen LogP contribution in [-0.2, 0) is 6.61 Å². The van der Waals surface area contributed by atoms with Gasteiger partial charge in [0.25, 0.3) is 6.43 Å². The molecule has 1 aromatic rings. The number of ether oxygens (including phenoxy) is 2. The molecule has 0 aliphatic carbocycles. The van der Waals surface area contributed by atoms with Gasteiger partial charge in [0, 0.05) is 5.56 Å². The molecular weight excluding hydrogens is 206 g/mol. The number of para-hydroxylation sites is 1. The van der Waals surface area contributed by atoms with Gasteiger partial charge in [-0.05, 0) is 6.07 Å². The van der Waals surface area contributed by atoms with Crippen LogP contribution in [0.3, 0.4) is 0 Å². The van der Waals surface area contributed by atoms with Crippen LogP contribution in [-0.4, -0.2) is 25.2 Å². The van der Waals surface area contributed by atoms with Gasteiger partial charge in [-0.1, -0.05) is 12.1 Å². The third kappa shape index (κ3) is 3.06. The van der Waals surface area contributed by atoms with Crippen molar-refractivity contribution in [3.05, 3.63) is 23.8 Å². The molecule has 15 heavy (non-hydrogen) atoms. The van der Waals surface area contributed by atoms with Crippen LogP contribution < -0.4 is 9.47 Å². The first kappa shape index (κ1) is 11.7. The number of halogens is 2. The predicted molar refractivity (Wildman–Crippen MR) is 50.4 cm³/mol. The van der Waals surface area contributed by atoms with Crippen molar-refractivity contribution in [2.45, 2.75) is 13.0 Å². The van der Waals surface area contributed by atoms with E-state index < -0.39 is 13.0 Å². The minimum Gasteiger partial charge on any atom is -0.493 e. The van der Waals surface area contributed by atoms with Crippen LogP contribution in [0, 0.1) is 0 Å². The number of hydrogen-bond donors (Lipinski definition) is 1. The molecule has 1 aromatic carbocycles. The zero-order valence-corrected chi connectivity index (χ0v) is 8.24. The second-order valence-electron chi connectivity index (χ2n) is 2.81. The fourth-order valence-corrected chi connectivity index (χ4v) is 1.16. The summed E-state index contributed by atoms with van der Waals surface area (Å²) in [5, 5.41) is 8.98. The molecule has 0 saturated heterocycles. The second kappa shape index (κ2) is 5.50. The SMILES string of the molecule is COc1cccc(CO)c1OCC(F)F. The van der Waals surface area contributed by atoms with Gasteiger partial charge < -0.3 is 14.6 Å². The molecule has 0 atom stereocenters. The Morgan fingerprint density at radius 3 is 2.67 bits per heavy atom. The molecule has 1 N–H and O–H groups in total. The van der Waals surface area contributed by atoms with E-state index in [1.54, 1.807) is 18.2 Å². The maximum absolute atomic E-state index is 12.0. The summed E-state index contributed by atoms with van der Waals surface area (Å²) >= 11 is 0. The Balaban J connectivity index is 2.89. The molecule has 0 aliphatic heterocycles. The van der Waals surface area contributed by atoms with Gasteiger partial charge in [0.05, 0.1) is 13.7 Å². The van der Waals surface area contributed by atoms with E-state index in [1.165, 1.54) is 7.11 Å². The quantitative estimate of drug-likeness (QED) is 0.819. The number of methoxy groups -OCH3 is 1. The Labute approximate surface area is 86.2 Å². The zero-order chi connectivity index (χ0) is 11.3. The number of hydrogen-bond acceptors (Lipinski definition) is 3. The lowest BCUT2D eigenvalue weighted by Crippen LogP contribution is -2.09. The minimum atomic E-state index is -2.55. The van der Waals surface area contributed by atoms with E-state index in [-0.39, 0.29) is 12.4 Å². The van der Waals surface area contributed by atoms with Crippen LogP contribution in [0.2, 0.25) is 0 Å². The van der Waals surface area contributed by atoms with E-state index in [1.807, 2.05) is 0 Å². The number of aliphatic hydroxyl groups is 1. The fourth-order valence-electron chi connectivity index (χ4n) is 1.16. The molecule has 0 saturated carbocycles. The molecule has 0 aromatic heterocycles. The van der Waals surface area contributed by atoms with E-state index in [9.17, 15) is 8.78 Å². The first-order valence-corrected chi connectivity index (χ1v) is 4.36. The molecule has 0 unspecified atom stereocenters. The average Bonchev–Trinajstić information content (AvgIpc) is 2.25. The maximum Gasteiger partial charge on any atom is 0.272 e. The van der Waals surface area contributed by atoms with Gasteiger partial charge in [-0.25, -0.2) is 8.78 Å². The zero-order valence-electron chi connectivity index (χ0n) is 8.24. The lowest BCUT2D eigenvalue weighted by molar-refractivity contribution is 0.0790. The summed E-state index contributed by atoms with van der Waals surface area (Å²) in [5.41, 5.74) is 0.426. The smallest absolute Gasteiger partial charge is 0.272 e. The van der Waals surface area contributed by atoms with Gasteiger partial charge in [-0.3, -0.25) is 0 Å². The molecule has 0 amide bonds. The highest BCUT2D eigenvalue weighted by Crippen LogP contribution is 2.31. The summed E-state index contributed by atoms with van der Waals surface area (Å²) in [5.74, 6) is 0.505. The van der Waals surface area contributed by atoms with Gasteiger partial charge in [0.15, 0.2) is 11.5 Å². The average molecular weight is 218 g/mol. The monoisotopic (exact) mass is 218 g/mol. The Hall–Kier alpha value is -1.36. The van der Waals surface area contributed by atoms with E-state index in [4.69, 9.17) is 14.6 Å². The summed E-state index contributed by atoms with van der Waals surface area (Å²) in [6, 6.07) is 4.82. The number of rotatable bonds is 5. The highest BCUT2D eigenvalue weighted by Gasteiger charge is 2.12. The fraction of sp³-hybridized carbons (Fsp3) is 0.400. The van der Waals surface area contributed by atoms with E-state index >= 15 is 0 Å². The van der Waals surface area contributed by atoms with Crippen molar-refractivity contribution >= 4 is 0 Å². The summed E-state index contributed by atoms with van der Waals surface area (Å²) < 4.78 is 33.7. The van der Waals surface area contributed by atoms with Gasteiger partial charge >= 0.3 is 0 Å². The van der Waals surface area contributed by atoms with Gasteiger partial charge in [0.2, 0.25) is 0 Å². The van der Waals surface area contributed by atoms with Gasteiger partial charge in [-0.2, -0.15) is 0 Å². The van der Waals surface area contributed by atoms with Crippen molar-refractivity contribution in [3.8, 4) is 11.5 Å². The Morgan fingerprint density at radius 2 is 2.13 bits per heavy atom.